The van der Waals surface area contributed by atoms with Crippen molar-refractivity contribution >= 4 is 17.7 Å². The van der Waals surface area contributed by atoms with Gasteiger partial charge in [0.25, 0.3) is 5.91 Å². The largest absolute Gasteiger partial charge is 0.496 e. The predicted octanol–water partition coefficient (Wildman–Crippen LogP) is 4.90. The van der Waals surface area contributed by atoms with E-state index in [1.807, 2.05) is 24.3 Å². The molecule has 3 aromatic rings. The van der Waals surface area contributed by atoms with E-state index in [4.69, 9.17) is 14.2 Å². The standard InChI is InChI=1S/C24H29N5O3/c1-16(2)18-14-20(26-24(25-18)29-12-8-4-5-9-13-29)23(30)27-22-15-19(28-32-22)17-10-6-7-11-21(17)31-3/h6-7,10-11,14-16H,4-5,8-9,12-13H2,1-3H3,(H,27,30). The summed E-state index contributed by atoms with van der Waals surface area (Å²) in [6.45, 7) is 5.94. The molecule has 1 fully saturated rings. The molecule has 0 atom stereocenters. The van der Waals surface area contributed by atoms with E-state index >= 15 is 0 Å². The molecule has 3 heterocycles. The molecule has 8 heteroatoms. The number of hydrogen-bond donors (Lipinski definition) is 1. The van der Waals surface area contributed by atoms with Gasteiger partial charge in [0.1, 0.15) is 17.1 Å². The van der Waals surface area contributed by atoms with E-state index in [-0.39, 0.29) is 17.7 Å². The Morgan fingerprint density at radius 2 is 1.84 bits per heavy atom. The minimum atomic E-state index is -0.354. The Balaban J connectivity index is 1.57. The third kappa shape index (κ3) is 4.90. The Hall–Kier alpha value is -3.42. The zero-order valence-corrected chi connectivity index (χ0v) is 18.8. The number of hydrogen-bond acceptors (Lipinski definition) is 7. The lowest BCUT2D eigenvalue weighted by Gasteiger charge is -2.21. The van der Waals surface area contributed by atoms with Gasteiger partial charge in [-0.05, 0) is 37.0 Å². The zero-order chi connectivity index (χ0) is 22.5. The van der Waals surface area contributed by atoms with Crippen molar-refractivity contribution in [3.8, 4) is 17.0 Å². The highest BCUT2D eigenvalue weighted by Gasteiger charge is 2.20. The SMILES string of the molecule is COc1ccccc1-c1cc(NC(=O)c2cc(C(C)C)nc(N3CCCCCC3)n2)on1. The van der Waals surface area contributed by atoms with Crippen LogP contribution in [0.15, 0.2) is 40.9 Å². The fraction of sp³-hybridized carbons (Fsp3) is 0.417. The number of benzene rings is 1. The van der Waals surface area contributed by atoms with Crippen LogP contribution >= 0.6 is 0 Å². The number of para-hydroxylation sites is 1. The first-order chi connectivity index (χ1) is 15.5. The minimum absolute atomic E-state index is 0.178. The molecule has 0 spiro atoms. The van der Waals surface area contributed by atoms with E-state index in [0.29, 0.717) is 23.1 Å². The second-order valence-electron chi connectivity index (χ2n) is 8.26. The Kier molecular flexibility index (Phi) is 6.68. The molecule has 4 rings (SSSR count). The molecule has 0 unspecified atom stereocenters. The Morgan fingerprint density at radius 1 is 1.09 bits per heavy atom. The van der Waals surface area contributed by atoms with Crippen molar-refractivity contribution < 1.29 is 14.1 Å². The van der Waals surface area contributed by atoms with Gasteiger partial charge in [0, 0.05) is 30.4 Å². The summed E-state index contributed by atoms with van der Waals surface area (Å²) >= 11 is 0. The number of ether oxygens (including phenoxy) is 1. The van der Waals surface area contributed by atoms with Gasteiger partial charge in [-0.2, -0.15) is 0 Å². The van der Waals surface area contributed by atoms with Crippen LogP contribution in [0.3, 0.4) is 0 Å². The molecular weight excluding hydrogens is 406 g/mol. The van der Waals surface area contributed by atoms with Crippen molar-refractivity contribution in [2.45, 2.75) is 45.4 Å². The second kappa shape index (κ2) is 9.80. The maximum atomic E-state index is 13.0. The molecule has 0 saturated carbocycles. The van der Waals surface area contributed by atoms with E-state index in [1.54, 1.807) is 19.2 Å². The summed E-state index contributed by atoms with van der Waals surface area (Å²) in [6, 6.07) is 10.9. The maximum Gasteiger partial charge on any atom is 0.276 e. The molecule has 32 heavy (non-hydrogen) atoms. The summed E-state index contributed by atoms with van der Waals surface area (Å²) in [5, 5.41) is 6.86. The first-order valence-corrected chi connectivity index (χ1v) is 11.1. The molecule has 1 aliphatic rings. The van der Waals surface area contributed by atoms with Gasteiger partial charge in [0.2, 0.25) is 11.8 Å². The Labute approximate surface area is 188 Å². The van der Waals surface area contributed by atoms with Gasteiger partial charge in [0.15, 0.2) is 0 Å². The molecule has 1 aliphatic heterocycles. The lowest BCUT2D eigenvalue weighted by Crippen LogP contribution is -2.28. The molecule has 1 amide bonds. The monoisotopic (exact) mass is 435 g/mol. The van der Waals surface area contributed by atoms with Gasteiger partial charge in [-0.3, -0.25) is 10.1 Å². The van der Waals surface area contributed by atoms with Crippen LogP contribution in [0, 0.1) is 0 Å². The molecule has 0 bridgehead atoms. The first kappa shape index (κ1) is 21.8. The topological polar surface area (TPSA) is 93.4 Å². The fourth-order valence-electron chi connectivity index (χ4n) is 3.77. The van der Waals surface area contributed by atoms with Gasteiger partial charge >= 0.3 is 0 Å². The summed E-state index contributed by atoms with van der Waals surface area (Å²) in [4.78, 5) is 24.5. The number of carbonyl (C=O) groups excluding carboxylic acids is 1. The van der Waals surface area contributed by atoms with E-state index in [1.165, 1.54) is 12.8 Å². The molecule has 1 N–H and O–H groups in total. The van der Waals surface area contributed by atoms with Crippen LogP contribution in [0.1, 0.15) is 61.6 Å². The summed E-state index contributed by atoms with van der Waals surface area (Å²) < 4.78 is 10.7. The number of carbonyl (C=O) groups is 1. The average Bonchev–Trinajstić information content (AvgIpc) is 3.10. The Morgan fingerprint density at radius 3 is 2.56 bits per heavy atom. The van der Waals surface area contributed by atoms with Gasteiger partial charge in [-0.25, -0.2) is 9.97 Å². The average molecular weight is 436 g/mol. The summed E-state index contributed by atoms with van der Waals surface area (Å²) in [7, 11) is 1.60. The summed E-state index contributed by atoms with van der Waals surface area (Å²) in [5.74, 6) is 1.37. The molecule has 1 saturated heterocycles. The van der Waals surface area contributed by atoms with Crippen LogP contribution < -0.4 is 15.0 Å². The predicted molar refractivity (Wildman–Crippen MR) is 123 cm³/mol. The van der Waals surface area contributed by atoms with Crippen LogP contribution in [0.25, 0.3) is 11.3 Å². The van der Waals surface area contributed by atoms with Gasteiger partial charge in [0.05, 0.1) is 7.11 Å². The van der Waals surface area contributed by atoms with Gasteiger partial charge in [-0.15, -0.1) is 0 Å². The quantitative estimate of drug-likeness (QED) is 0.589. The first-order valence-electron chi connectivity index (χ1n) is 11.1. The number of amides is 1. The summed E-state index contributed by atoms with van der Waals surface area (Å²) in [5.41, 5.74) is 2.52. The lowest BCUT2D eigenvalue weighted by molar-refractivity contribution is 0.101. The molecule has 0 aliphatic carbocycles. The third-order valence-corrected chi connectivity index (χ3v) is 5.58. The van der Waals surface area contributed by atoms with Crippen molar-refractivity contribution in [1.29, 1.82) is 0 Å². The zero-order valence-electron chi connectivity index (χ0n) is 18.8. The van der Waals surface area contributed by atoms with Crippen molar-refractivity contribution in [2.24, 2.45) is 0 Å². The second-order valence-corrected chi connectivity index (χ2v) is 8.26. The highest BCUT2D eigenvalue weighted by molar-refractivity contribution is 6.02. The van der Waals surface area contributed by atoms with Crippen LogP contribution in [-0.4, -0.2) is 41.2 Å². The molecule has 1 aromatic carbocycles. The fourth-order valence-corrected chi connectivity index (χ4v) is 3.77. The minimum Gasteiger partial charge on any atom is -0.496 e. The normalized spacial score (nSPS) is 14.3. The number of rotatable bonds is 6. The molecule has 2 aromatic heterocycles. The smallest absolute Gasteiger partial charge is 0.276 e. The van der Waals surface area contributed by atoms with Crippen molar-refractivity contribution in [2.75, 3.05) is 30.4 Å². The highest BCUT2D eigenvalue weighted by atomic mass is 16.5. The Bertz CT molecular complexity index is 1070. The van der Waals surface area contributed by atoms with Crippen LogP contribution in [0.2, 0.25) is 0 Å². The van der Waals surface area contributed by atoms with Gasteiger partial charge < -0.3 is 14.2 Å². The molecule has 168 valence electrons. The van der Waals surface area contributed by atoms with E-state index in [9.17, 15) is 4.79 Å². The highest BCUT2D eigenvalue weighted by Crippen LogP contribution is 2.30. The van der Waals surface area contributed by atoms with E-state index < -0.39 is 0 Å². The van der Waals surface area contributed by atoms with Crippen molar-refractivity contribution in [3.63, 3.8) is 0 Å². The third-order valence-electron chi connectivity index (χ3n) is 5.58. The van der Waals surface area contributed by atoms with Crippen molar-refractivity contribution in [1.82, 2.24) is 15.1 Å². The molecule has 0 radical (unpaired) electrons. The number of nitrogens with zero attached hydrogens (tertiary/aromatic N) is 4. The number of aromatic nitrogens is 3. The van der Waals surface area contributed by atoms with Crippen LogP contribution in [0.4, 0.5) is 11.8 Å². The van der Waals surface area contributed by atoms with E-state index in [2.05, 4.69) is 34.2 Å². The lowest BCUT2D eigenvalue weighted by atomic mass is 10.1. The number of methoxy groups -OCH3 is 1. The van der Waals surface area contributed by atoms with Gasteiger partial charge in [-0.1, -0.05) is 44.0 Å². The number of nitrogens with one attached hydrogen (secondary N) is 1. The number of anilines is 2. The molecular formula is C24H29N5O3. The maximum absolute atomic E-state index is 13.0. The van der Waals surface area contributed by atoms with Crippen molar-refractivity contribution in [3.05, 3.63) is 47.8 Å². The summed E-state index contributed by atoms with van der Waals surface area (Å²) in [6.07, 6.45) is 4.66. The van der Waals surface area contributed by atoms with Crippen LogP contribution in [-0.2, 0) is 0 Å². The van der Waals surface area contributed by atoms with Crippen LogP contribution in [0.5, 0.6) is 5.75 Å². The van der Waals surface area contributed by atoms with E-state index in [0.717, 1.165) is 37.2 Å². The molecule has 8 nitrogen and oxygen atoms in total.